The number of aromatic nitrogens is 1. The van der Waals surface area contributed by atoms with E-state index in [0.29, 0.717) is 6.42 Å². The van der Waals surface area contributed by atoms with Gasteiger partial charge in [-0.25, -0.2) is 0 Å². The van der Waals surface area contributed by atoms with E-state index in [0.717, 1.165) is 16.5 Å². The van der Waals surface area contributed by atoms with Crippen molar-refractivity contribution >= 4 is 22.7 Å². The highest BCUT2D eigenvalue weighted by Gasteiger charge is 2.24. The smallest absolute Gasteiger partial charge is 0.240 e. The van der Waals surface area contributed by atoms with Gasteiger partial charge < -0.3 is 16.0 Å². The zero-order valence-electron chi connectivity index (χ0n) is 13.2. The molecule has 1 aromatic heterocycles. The number of nitrogens with two attached hydrogens (primary N) is 1. The van der Waals surface area contributed by atoms with E-state index in [2.05, 4.69) is 10.3 Å². The average Bonchev–Trinajstić information content (AvgIpc) is 2.87. The normalized spacial score (nSPS) is 14.0. The third-order valence-electron chi connectivity index (χ3n) is 3.92. The number of aromatic amines is 1. The van der Waals surface area contributed by atoms with Gasteiger partial charge in [0.25, 0.3) is 0 Å². The summed E-state index contributed by atoms with van der Waals surface area (Å²) in [6, 6.07) is 7.36. The molecule has 0 aliphatic rings. The summed E-state index contributed by atoms with van der Waals surface area (Å²) < 4.78 is 0. The van der Waals surface area contributed by atoms with Gasteiger partial charge in [0.2, 0.25) is 11.8 Å². The van der Waals surface area contributed by atoms with Gasteiger partial charge in [-0.2, -0.15) is 0 Å². The first-order chi connectivity index (χ1) is 10.4. The number of amides is 2. The van der Waals surface area contributed by atoms with Crippen molar-refractivity contribution in [2.45, 2.75) is 33.2 Å². The second kappa shape index (κ2) is 6.64. The number of primary amides is 1. The molecule has 0 saturated carbocycles. The summed E-state index contributed by atoms with van der Waals surface area (Å²) in [5, 5.41) is 3.88. The maximum Gasteiger partial charge on any atom is 0.240 e. The molecule has 118 valence electrons. The Morgan fingerprint density at radius 1 is 1.23 bits per heavy atom. The fourth-order valence-electron chi connectivity index (χ4n) is 2.58. The number of hydrogen-bond acceptors (Lipinski definition) is 2. The molecule has 0 saturated heterocycles. The number of H-pyrrole nitrogens is 1. The molecule has 4 N–H and O–H groups in total. The summed E-state index contributed by atoms with van der Waals surface area (Å²) in [4.78, 5) is 26.9. The predicted octanol–water partition coefficient (Wildman–Crippen LogP) is 1.97. The van der Waals surface area contributed by atoms with Crippen LogP contribution in [0, 0.1) is 11.8 Å². The number of benzene rings is 1. The van der Waals surface area contributed by atoms with Crippen molar-refractivity contribution in [2.24, 2.45) is 17.6 Å². The van der Waals surface area contributed by atoms with Crippen LogP contribution in [0.3, 0.4) is 0 Å². The molecular weight excluding hydrogens is 278 g/mol. The maximum absolute atomic E-state index is 12.3. The molecule has 0 aliphatic heterocycles. The minimum absolute atomic E-state index is 0.0262. The molecule has 0 bridgehead atoms. The van der Waals surface area contributed by atoms with Crippen molar-refractivity contribution in [3.8, 4) is 0 Å². The van der Waals surface area contributed by atoms with E-state index in [1.807, 2.05) is 51.2 Å². The molecule has 22 heavy (non-hydrogen) atoms. The van der Waals surface area contributed by atoms with Crippen LogP contribution in [0.25, 0.3) is 10.9 Å². The van der Waals surface area contributed by atoms with E-state index < -0.39 is 11.9 Å². The first-order valence-corrected chi connectivity index (χ1v) is 7.54. The average molecular weight is 301 g/mol. The maximum atomic E-state index is 12.3. The number of carbonyl (C=O) groups excluding carboxylic acids is 2. The van der Waals surface area contributed by atoms with Crippen molar-refractivity contribution in [1.82, 2.24) is 10.3 Å². The summed E-state index contributed by atoms with van der Waals surface area (Å²) in [7, 11) is 0. The number of hydrogen-bond donors (Lipinski definition) is 3. The van der Waals surface area contributed by atoms with Gasteiger partial charge in [-0.3, -0.25) is 9.59 Å². The second-order valence-corrected chi connectivity index (χ2v) is 6.10. The lowest BCUT2D eigenvalue weighted by Gasteiger charge is -2.21. The Morgan fingerprint density at radius 3 is 2.55 bits per heavy atom. The molecule has 0 aliphatic carbocycles. The quantitative estimate of drug-likeness (QED) is 0.761. The fourth-order valence-corrected chi connectivity index (χ4v) is 2.58. The number of rotatable bonds is 6. The molecule has 1 unspecified atom stereocenters. The van der Waals surface area contributed by atoms with Crippen LogP contribution in [-0.4, -0.2) is 22.8 Å². The molecule has 2 amide bonds. The van der Waals surface area contributed by atoms with Crippen molar-refractivity contribution in [2.75, 3.05) is 0 Å². The minimum Gasteiger partial charge on any atom is -0.368 e. The highest BCUT2D eigenvalue weighted by molar-refractivity contribution is 5.88. The number of carbonyl (C=O) groups is 2. The Hall–Kier alpha value is -2.30. The Morgan fingerprint density at radius 2 is 1.91 bits per heavy atom. The Bertz CT molecular complexity index is 675. The summed E-state index contributed by atoms with van der Waals surface area (Å²) in [6.07, 6.45) is 2.54. The lowest BCUT2D eigenvalue weighted by Crippen LogP contribution is -2.49. The number of nitrogens with one attached hydrogen (secondary N) is 2. The van der Waals surface area contributed by atoms with Crippen LogP contribution in [0.1, 0.15) is 26.3 Å². The van der Waals surface area contributed by atoms with Crippen LogP contribution in [0.4, 0.5) is 0 Å². The fraction of sp³-hybridized carbons (Fsp3) is 0.412. The summed E-state index contributed by atoms with van der Waals surface area (Å²) in [6.45, 7) is 5.58. The van der Waals surface area contributed by atoms with Gasteiger partial charge in [-0.05, 0) is 24.0 Å². The van der Waals surface area contributed by atoms with E-state index in [4.69, 9.17) is 5.73 Å². The van der Waals surface area contributed by atoms with Crippen LogP contribution in [0.5, 0.6) is 0 Å². The molecule has 0 fully saturated rings. The van der Waals surface area contributed by atoms with Gasteiger partial charge in [-0.15, -0.1) is 0 Å². The molecular formula is C17H23N3O2. The van der Waals surface area contributed by atoms with E-state index in [1.165, 1.54) is 0 Å². The van der Waals surface area contributed by atoms with E-state index in [1.54, 1.807) is 0 Å². The summed E-state index contributed by atoms with van der Waals surface area (Å²) >= 11 is 0. The Balaban J connectivity index is 2.06. The molecule has 5 heteroatoms. The monoisotopic (exact) mass is 301 g/mol. The van der Waals surface area contributed by atoms with Crippen molar-refractivity contribution < 1.29 is 9.59 Å². The lowest BCUT2D eigenvalue weighted by atomic mass is 9.98. The van der Waals surface area contributed by atoms with E-state index in [-0.39, 0.29) is 17.7 Å². The van der Waals surface area contributed by atoms with E-state index in [9.17, 15) is 9.59 Å². The minimum atomic E-state index is -0.627. The zero-order valence-corrected chi connectivity index (χ0v) is 13.2. The van der Waals surface area contributed by atoms with Crippen LogP contribution < -0.4 is 11.1 Å². The van der Waals surface area contributed by atoms with Crippen molar-refractivity contribution in [1.29, 1.82) is 0 Å². The van der Waals surface area contributed by atoms with E-state index >= 15 is 0 Å². The van der Waals surface area contributed by atoms with Gasteiger partial charge in [0.1, 0.15) is 6.04 Å². The summed E-state index contributed by atoms with van der Waals surface area (Å²) in [5.74, 6) is -0.910. The zero-order chi connectivity index (χ0) is 16.3. The topological polar surface area (TPSA) is 88.0 Å². The largest absolute Gasteiger partial charge is 0.368 e. The first-order valence-electron chi connectivity index (χ1n) is 7.54. The molecule has 2 atom stereocenters. The third kappa shape index (κ3) is 3.47. The molecule has 0 spiro atoms. The molecule has 0 radical (unpaired) electrons. The second-order valence-electron chi connectivity index (χ2n) is 6.10. The molecule has 1 heterocycles. The molecule has 2 aromatic rings. The van der Waals surface area contributed by atoms with Gasteiger partial charge in [0.15, 0.2) is 0 Å². The Labute approximate surface area is 130 Å². The Kier molecular flexibility index (Phi) is 4.85. The summed E-state index contributed by atoms with van der Waals surface area (Å²) in [5.41, 5.74) is 7.49. The molecule has 2 rings (SSSR count). The standard InChI is InChI=1S/C17H23N3O2/c1-10(2)15(16(18)21)20-17(22)11(3)8-12-9-19-14-7-5-4-6-13(12)14/h4-7,9-11,15,19H,8H2,1-3H3,(H2,18,21)(H,20,22)/t11?,15-/m0/s1. The van der Waals surface area contributed by atoms with Crippen LogP contribution in [0.15, 0.2) is 30.5 Å². The van der Waals surface area contributed by atoms with Gasteiger partial charge in [-0.1, -0.05) is 39.0 Å². The highest BCUT2D eigenvalue weighted by Crippen LogP contribution is 2.20. The lowest BCUT2D eigenvalue weighted by molar-refractivity contribution is -0.130. The number of para-hydroxylation sites is 1. The molecule has 5 nitrogen and oxygen atoms in total. The predicted molar refractivity (Wildman–Crippen MR) is 87.1 cm³/mol. The van der Waals surface area contributed by atoms with Crippen LogP contribution in [-0.2, 0) is 16.0 Å². The third-order valence-corrected chi connectivity index (χ3v) is 3.92. The van der Waals surface area contributed by atoms with Crippen LogP contribution in [0.2, 0.25) is 0 Å². The van der Waals surface area contributed by atoms with Crippen LogP contribution >= 0.6 is 0 Å². The number of fused-ring (bicyclic) bond motifs is 1. The SMILES string of the molecule is CC(Cc1c[nH]c2ccccc12)C(=O)N[C@H](C(N)=O)C(C)C. The van der Waals surface area contributed by atoms with Crippen molar-refractivity contribution in [3.05, 3.63) is 36.0 Å². The van der Waals surface area contributed by atoms with Gasteiger partial charge in [0, 0.05) is 23.0 Å². The van der Waals surface area contributed by atoms with Gasteiger partial charge in [0.05, 0.1) is 0 Å². The molecule has 1 aromatic carbocycles. The first kappa shape index (κ1) is 16.1. The van der Waals surface area contributed by atoms with Crippen molar-refractivity contribution in [3.63, 3.8) is 0 Å². The highest BCUT2D eigenvalue weighted by atomic mass is 16.2. The van der Waals surface area contributed by atoms with Gasteiger partial charge >= 0.3 is 0 Å².